The molecule has 2 rings (SSSR count). The zero-order chi connectivity index (χ0) is 14.7. The van der Waals surface area contributed by atoms with Gasteiger partial charge in [-0.15, -0.1) is 0 Å². The molecule has 0 aliphatic carbocycles. The number of nitrogens with one attached hydrogen (secondary N) is 1. The summed E-state index contributed by atoms with van der Waals surface area (Å²) in [6.07, 6.45) is 0. The topological polar surface area (TPSA) is 15.3 Å². The van der Waals surface area contributed by atoms with E-state index in [2.05, 4.69) is 21.2 Å². The number of benzene rings is 2. The molecule has 2 aromatic rings. The Bertz CT molecular complexity index is 615. The summed E-state index contributed by atoms with van der Waals surface area (Å²) in [5, 5.41) is 3.08. The maximum atomic E-state index is 13.9. The van der Waals surface area contributed by atoms with Crippen molar-refractivity contribution in [3.8, 4) is 0 Å². The Morgan fingerprint density at radius 1 is 1.10 bits per heavy atom. The zero-order valence-electron chi connectivity index (χ0n) is 11.3. The summed E-state index contributed by atoms with van der Waals surface area (Å²) in [6.45, 7) is 0.0853. The molecule has 2 nitrogen and oxygen atoms in total. The summed E-state index contributed by atoms with van der Waals surface area (Å²) in [6, 6.07) is 10.2. The van der Waals surface area contributed by atoms with E-state index in [1.165, 1.54) is 12.1 Å². The third kappa shape index (κ3) is 3.10. The van der Waals surface area contributed by atoms with Crippen molar-refractivity contribution in [2.75, 3.05) is 24.3 Å². The molecule has 0 radical (unpaired) electrons. The smallest absolute Gasteiger partial charge is 0.145 e. The van der Waals surface area contributed by atoms with Gasteiger partial charge in [-0.1, -0.05) is 12.1 Å². The highest BCUT2D eigenvalue weighted by molar-refractivity contribution is 9.10. The predicted molar refractivity (Wildman–Crippen MR) is 82.2 cm³/mol. The number of para-hydroxylation sites is 2. The van der Waals surface area contributed by atoms with Crippen LogP contribution in [0.3, 0.4) is 0 Å². The van der Waals surface area contributed by atoms with Crippen molar-refractivity contribution in [1.82, 2.24) is 0 Å². The highest BCUT2D eigenvalue weighted by atomic mass is 79.9. The fourth-order valence-corrected chi connectivity index (χ4v) is 2.30. The van der Waals surface area contributed by atoms with Crippen molar-refractivity contribution in [2.24, 2.45) is 0 Å². The molecule has 0 unspecified atom stereocenters. The van der Waals surface area contributed by atoms with E-state index in [0.29, 0.717) is 0 Å². The van der Waals surface area contributed by atoms with Gasteiger partial charge in [-0.25, -0.2) is 8.78 Å². The monoisotopic (exact) mass is 340 g/mol. The molecule has 0 amide bonds. The second-order valence-electron chi connectivity index (χ2n) is 4.59. The summed E-state index contributed by atoms with van der Waals surface area (Å²) < 4.78 is 27.8. The molecule has 0 aliphatic heterocycles. The van der Waals surface area contributed by atoms with Crippen molar-refractivity contribution in [1.29, 1.82) is 0 Å². The summed E-state index contributed by atoms with van der Waals surface area (Å²) in [4.78, 5) is 1.94. The normalized spacial score (nSPS) is 10.4. The van der Waals surface area contributed by atoms with Crippen LogP contribution in [0, 0.1) is 11.6 Å². The van der Waals surface area contributed by atoms with Crippen LogP contribution < -0.4 is 10.2 Å². The van der Waals surface area contributed by atoms with Crippen LogP contribution in [0.25, 0.3) is 0 Å². The summed E-state index contributed by atoms with van der Waals surface area (Å²) in [5.41, 5.74) is 1.81. The molecule has 0 aromatic heterocycles. The highest BCUT2D eigenvalue weighted by Gasteiger charge is 2.12. The minimum absolute atomic E-state index is 0.0212. The second-order valence-corrected chi connectivity index (χ2v) is 5.44. The Balaban J connectivity index is 2.24. The van der Waals surface area contributed by atoms with Gasteiger partial charge in [0.15, 0.2) is 0 Å². The highest BCUT2D eigenvalue weighted by Crippen LogP contribution is 2.26. The Morgan fingerprint density at radius 3 is 2.50 bits per heavy atom. The van der Waals surface area contributed by atoms with Crippen molar-refractivity contribution in [2.45, 2.75) is 6.54 Å². The van der Waals surface area contributed by atoms with Gasteiger partial charge in [-0.05, 0) is 40.2 Å². The van der Waals surface area contributed by atoms with Crippen molar-refractivity contribution in [3.05, 3.63) is 58.1 Å². The van der Waals surface area contributed by atoms with Crippen LogP contribution in [0.2, 0.25) is 0 Å². The Kier molecular flexibility index (Phi) is 4.60. The number of rotatable bonds is 4. The first-order valence-corrected chi connectivity index (χ1v) is 6.92. The van der Waals surface area contributed by atoms with E-state index < -0.39 is 11.6 Å². The van der Waals surface area contributed by atoms with Crippen molar-refractivity contribution < 1.29 is 8.78 Å². The van der Waals surface area contributed by atoms with Crippen LogP contribution in [-0.2, 0) is 6.54 Å². The van der Waals surface area contributed by atoms with Crippen LogP contribution in [-0.4, -0.2) is 14.1 Å². The molecule has 0 fully saturated rings. The molecule has 1 N–H and O–H groups in total. The van der Waals surface area contributed by atoms with Crippen molar-refractivity contribution in [3.63, 3.8) is 0 Å². The lowest BCUT2D eigenvalue weighted by Gasteiger charge is -2.18. The Labute approximate surface area is 125 Å². The van der Waals surface area contributed by atoms with E-state index in [0.717, 1.165) is 11.4 Å². The van der Waals surface area contributed by atoms with E-state index in [-0.39, 0.29) is 16.6 Å². The lowest BCUT2D eigenvalue weighted by Crippen LogP contribution is -2.13. The van der Waals surface area contributed by atoms with Crippen LogP contribution in [0.1, 0.15) is 5.56 Å². The number of hydrogen-bond acceptors (Lipinski definition) is 2. The van der Waals surface area contributed by atoms with Gasteiger partial charge in [0, 0.05) is 26.2 Å². The Hall–Kier alpha value is -1.62. The maximum Gasteiger partial charge on any atom is 0.145 e. The van der Waals surface area contributed by atoms with E-state index >= 15 is 0 Å². The van der Waals surface area contributed by atoms with Crippen LogP contribution in [0.4, 0.5) is 20.2 Å². The maximum absolute atomic E-state index is 13.9. The van der Waals surface area contributed by atoms with E-state index in [1.807, 2.05) is 43.3 Å². The van der Waals surface area contributed by atoms with E-state index in [4.69, 9.17) is 0 Å². The molecule has 0 atom stereocenters. The summed E-state index contributed by atoms with van der Waals surface area (Å²) in [7, 11) is 3.83. The van der Waals surface area contributed by atoms with Crippen LogP contribution in [0.15, 0.2) is 40.9 Å². The first kappa shape index (κ1) is 14.8. The minimum Gasteiger partial charge on any atom is -0.379 e. The van der Waals surface area contributed by atoms with Crippen LogP contribution >= 0.6 is 15.9 Å². The molecule has 106 valence electrons. The third-order valence-corrected chi connectivity index (χ3v) is 3.59. The molecule has 0 saturated carbocycles. The fourth-order valence-electron chi connectivity index (χ4n) is 1.93. The standard InChI is InChI=1S/C15H15BrF2N2/c1-20(2)14-6-4-3-5-13(14)19-9-10-12(17)8-7-11(16)15(10)18/h3-8,19H,9H2,1-2H3. The van der Waals surface area contributed by atoms with E-state index in [1.54, 1.807) is 0 Å². The average Bonchev–Trinajstić information content (AvgIpc) is 2.43. The molecular formula is C15H15BrF2N2. The average molecular weight is 341 g/mol. The second kappa shape index (κ2) is 6.22. The first-order valence-electron chi connectivity index (χ1n) is 6.13. The summed E-state index contributed by atoms with van der Waals surface area (Å²) in [5.74, 6) is -1.12. The van der Waals surface area contributed by atoms with Gasteiger partial charge in [0.25, 0.3) is 0 Å². The quantitative estimate of drug-likeness (QED) is 0.829. The van der Waals surface area contributed by atoms with Gasteiger partial charge in [-0.3, -0.25) is 0 Å². The molecule has 0 spiro atoms. The predicted octanol–water partition coefficient (Wildman–Crippen LogP) is 4.41. The first-order chi connectivity index (χ1) is 9.50. The number of anilines is 2. The van der Waals surface area contributed by atoms with Gasteiger partial charge < -0.3 is 10.2 Å². The lowest BCUT2D eigenvalue weighted by molar-refractivity contribution is 0.555. The van der Waals surface area contributed by atoms with Crippen LogP contribution in [0.5, 0.6) is 0 Å². The fraction of sp³-hybridized carbons (Fsp3) is 0.200. The van der Waals surface area contributed by atoms with Crippen molar-refractivity contribution >= 4 is 27.3 Å². The van der Waals surface area contributed by atoms with Gasteiger partial charge in [0.05, 0.1) is 15.8 Å². The van der Waals surface area contributed by atoms with Gasteiger partial charge in [0.1, 0.15) is 11.6 Å². The molecular weight excluding hydrogens is 326 g/mol. The molecule has 2 aromatic carbocycles. The van der Waals surface area contributed by atoms with Gasteiger partial charge in [-0.2, -0.15) is 0 Å². The number of hydrogen-bond donors (Lipinski definition) is 1. The zero-order valence-corrected chi connectivity index (χ0v) is 12.8. The SMILES string of the molecule is CN(C)c1ccccc1NCc1c(F)ccc(Br)c1F. The number of halogens is 3. The molecule has 0 saturated heterocycles. The van der Waals surface area contributed by atoms with Gasteiger partial charge in [0.2, 0.25) is 0 Å². The molecule has 20 heavy (non-hydrogen) atoms. The Morgan fingerprint density at radius 2 is 1.80 bits per heavy atom. The molecule has 0 heterocycles. The number of nitrogens with zero attached hydrogens (tertiary/aromatic N) is 1. The molecule has 0 bridgehead atoms. The van der Waals surface area contributed by atoms with E-state index in [9.17, 15) is 8.78 Å². The largest absolute Gasteiger partial charge is 0.379 e. The molecule has 0 aliphatic rings. The summed E-state index contributed by atoms with van der Waals surface area (Å²) >= 11 is 3.07. The minimum atomic E-state index is -0.570. The lowest BCUT2D eigenvalue weighted by atomic mass is 10.2. The molecule has 5 heteroatoms. The third-order valence-electron chi connectivity index (χ3n) is 2.98. The van der Waals surface area contributed by atoms with Gasteiger partial charge >= 0.3 is 0 Å².